The molecule has 160 valence electrons. The number of nitrogens with one attached hydrogen (secondary N) is 2. The van der Waals surface area contributed by atoms with E-state index in [1.807, 2.05) is 0 Å². The van der Waals surface area contributed by atoms with E-state index in [2.05, 4.69) is 28.4 Å². The molecule has 1 aromatic rings. The molecule has 2 heterocycles. The number of nitrogen functional groups attached to an aromatic ring is 1. The molecule has 8 N–H and O–H groups in total. The predicted molar refractivity (Wildman–Crippen MR) is 90.6 cm³/mol. The summed E-state index contributed by atoms with van der Waals surface area (Å²) in [6, 6.07) is 0. The zero-order valence-electron chi connectivity index (χ0n) is 13.8. The van der Waals surface area contributed by atoms with Crippen LogP contribution in [0.4, 0.5) is 11.5 Å². The molecular weight excluding hydrogens is 449 g/mol. The van der Waals surface area contributed by atoms with Gasteiger partial charge in [0.05, 0.1) is 19.0 Å². The van der Waals surface area contributed by atoms with Crippen molar-refractivity contribution in [1.29, 1.82) is 0 Å². The summed E-state index contributed by atoms with van der Waals surface area (Å²) in [5.41, 5.74) is 4.84. The second-order valence-electron chi connectivity index (χ2n) is 5.35. The van der Waals surface area contributed by atoms with E-state index in [0.717, 1.165) is 6.33 Å². The Hall–Kier alpha value is -1.15. The minimum absolute atomic E-state index is 0.0716. The Balaban J connectivity index is 1.86. The molecule has 0 aromatic carbocycles. The highest BCUT2D eigenvalue weighted by molar-refractivity contribution is 7.66. The molecule has 0 saturated carbocycles. The van der Waals surface area contributed by atoms with Crippen LogP contribution >= 0.6 is 23.5 Å². The number of phosphoric ester groups is 1. The maximum absolute atomic E-state index is 11.6. The smallest absolute Gasteiger partial charge is 0.391 e. The SMILES string of the molecule is Nc1c(NC2CCC(COP(=O)(O)OP(=O)(O)OP(=O)(O)O)O2)nc[nH]c1=O. The van der Waals surface area contributed by atoms with Gasteiger partial charge in [0, 0.05) is 0 Å². The molecule has 1 aliphatic heterocycles. The van der Waals surface area contributed by atoms with Crippen LogP contribution < -0.4 is 16.6 Å². The Kier molecular flexibility index (Phi) is 7.18. The number of anilines is 2. The molecule has 28 heavy (non-hydrogen) atoms. The standard InChI is InChI=1S/C9H17N4O12P3/c10-7-8(11-4-12-9(7)14)13-6-2-1-5(23-6)3-22-27(18,19)25-28(20,21)24-26(15,16)17/h4-6H,1-3,10H2,(H,18,19)(H,20,21)(H2,15,16,17)(H2,11,12,13,14). The van der Waals surface area contributed by atoms with Crippen LogP contribution in [-0.4, -0.2) is 48.5 Å². The maximum atomic E-state index is 11.6. The molecule has 2 rings (SSSR count). The zero-order valence-corrected chi connectivity index (χ0v) is 16.5. The first kappa shape index (κ1) is 23.1. The molecule has 0 radical (unpaired) electrons. The molecule has 4 unspecified atom stereocenters. The lowest BCUT2D eigenvalue weighted by Crippen LogP contribution is -2.25. The quantitative estimate of drug-likeness (QED) is 0.229. The number of nitrogens with two attached hydrogens (primary N) is 1. The van der Waals surface area contributed by atoms with Crippen LogP contribution in [0.5, 0.6) is 0 Å². The normalized spacial score (nSPS) is 24.4. The number of hydrogen-bond donors (Lipinski definition) is 7. The lowest BCUT2D eigenvalue weighted by Gasteiger charge is -2.19. The number of aromatic amines is 1. The van der Waals surface area contributed by atoms with Crippen LogP contribution in [0.1, 0.15) is 12.8 Å². The van der Waals surface area contributed by atoms with Gasteiger partial charge in [-0.25, -0.2) is 18.7 Å². The third-order valence-corrected chi connectivity index (χ3v) is 6.94. The maximum Gasteiger partial charge on any atom is 0.490 e. The third-order valence-electron chi connectivity index (χ3n) is 3.13. The monoisotopic (exact) mass is 466 g/mol. The van der Waals surface area contributed by atoms with E-state index >= 15 is 0 Å². The molecule has 0 bridgehead atoms. The highest BCUT2D eigenvalue weighted by atomic mass is 31.3. The van der Waals surface area contributed by atoms with Crippen molar-refractivity contribution in [3.63, 3.8) is 0 Å². The van der Waals surface area contributed by atoms with E-state index in [9.17, 15) is 23.4 Å². The van der Waals surface area contributed by atoms with Gasteiger partial charge in [0.25, 0.3) is 5.56 Å². The largest absolute Gasteiger partial charge is 0.490 e. The molecule has 1 fully saturated rings. The summed E-state index contributed by atoms with van der Waals surface area (Å²) < 4.78 is 50.5. The molecule has 1 aromatic heterocycles. The van der Waals surface area contributed by atoms with Crippen LogP contribution in [0.25, 0.3) is 0 Å². The Morgan fingerprint density at radius 2 is 1.89 bits per heavy atom. The third kappa shape index (κ3) is 7.35. The van der Waals surface area contributed by atoms with Gasteiger partial charge in [0.1, 0.15) is 11.9 Å². The molecule has 16 nitrogen and oxygen atoms in total. The van der Waals surface area contributed by atoms with Gasteiger partial charge in [-0.1, -0.05) is 0 Å². The number of H-pyrrole nitrogens is 1. The summed E-state index contributed by atoms with van der Waals surface area (Å²) in [7, 11) is -16.2. The summed E-state index contributed by atoms with van der Waals surface area (Å²) in [6.45, 7) is -0.569. The van der Waals surface area contributed by atoms with Crippen molar-refractivity contribution in [3.05, 3.63) is 16.7 Å². The highest BCUT2D eigenvalue weighted by Crippen LogP contribution is 2.66. The van der Waals surface area contributed by atoms with E-state index < -0.39 is 48.0 Å². The van der Waals surface area contributed by atoms with Gasteiger partial charge in [0.2, 0.25) is 0 Å². The Morgan fingerprint density at radius 3 is 2.54 bits per heavy atom. The summed E-state index contributed by atoms with van der Waals surface area (Å²) in [6.07, 6.45) is 0.397. The van der Waals surface area contributed by atoms with Gasteiger partial charge >= 0.3 is 23.5 Å². The van der Waals surface area contributed by atoms with Gasteiger partial charge < -0.3 is 40.3 Å². The van der Waals surface area contributed by atoms with Crippen molar-refractivity contribution < 1.29 is 51.2 Å². The minimum atomic E-state index is -5.57. The van der Waals surface area contributed by atoms with Crippen LogP contribution in [-0.2, 0) is 31.6 Å². The molecule has 0 amide bonds. The van der Waals surface area contributed by atoms with E-state index in [4.69, 9.17) is 25.2 Å². The summed E-state index contributed by atoms with van der Waals surface area (Å²) in [4.78, 5) is 52.8. The van der Waals surface area contributed by atoms with Gasteiger partial charge in [-0.2, -0.15) is 8.62 Å². The molecule has 4 atom stereocenters. The number of nitrogens with zero attached hydrogens (tertiary/aromatic N) is 1. The minimum Gasteiger partial charge on any atom is -0.391 e. The number of hydrogen-bond acceptors (Lipinski definition) is 11. The van der Waals surface area contributed by atoms with Crippen LogP contribution in [0.2, 0.25) is 0 Å². The fourth-order valence-corrected chi connectivity index (χ4v) is 5.14. The second-order valence-corrected chi connectivity index (χ2v) is 9.77. The fraction of sp³-hybridized carbons (Fsp3) is 0.556. The first-order valence-electron chi connectivity index (χ1n) is 7.30. The van der Waals surface area contributed by atoms with Crippen molar-refractivity contribution in [2.45, 2.75) is 25.2 Å². The van der Waals surface area contributed by atoms with Crippen LogP contribution in [0.15, 0.2) is 11.1 Å². The first-order valence-corrected chi connectivity index (χ1v) is 11.8. The summed E-state index contributed by atoms with van der Waals surface area (Å²) in [5, 5.41) is 2.75. The summed E-state index contributed by atoms with van der Waals surface area (Å²) in [5.74, 6) is 0.0716. The van der Waals surface area contributed by atoms with Crippen LogP contribution in [0, 0.1) is 0 Å². The number of phosphoric acid groups is 3. The average Bonchev–Trinajstić information content (AvgIpc) is 2.94. The van der Waals surface area contributed by atoms with Gasteiger partial charge in [0.15, 0.2) is 5.82 Å². The average molecular weight is 466 g/mol. The molecular formula is C9H17N4O12P3. The van der Waals surface area contributed by atoms with E-state index in [0.29, 0.717) is 12.8 Å². The van der Waals surface area contributed by atoms with E-state index in [1.54, 1.807) is 0 Å². The number of rotatable bonds is 9. The Bertz CT molecular complexity index is 901. The van der Waals surface area contributed by atoms with Crippen LogP contribution in [0.3, 0.4) is 0 Å². The topological polar surface area (TPSA) is 253 Å². The van der Waals surface area contributed by atoms with Crippen molar-refractivity contribution >= 4 is 35.0 Å². The number of aromatic nitrogens is 2. The molecule has 19 heteroatoms. The fourth-order valence-electron chi connectivity index (χ4n) is 2.09. The zero-order chi connectivity index (χ0) is 21.2. The predicted octanol–water partition coefficient (Wildman–Crippen LogP) is -0.388. The van der Waals surface area contributed by atoms with Gasteiger partial charge in [-0.05, 0) is 12.8 Å². The number of ether oxygens (including phenoxy) is 1. The van der Waals surface area contributed by atoms with Crippen molar-refractivity contribution in [3.8, 4) is 0 Å². The molecule has 0 spiro atoms. The second kappa shape index (κ2) is 8.69. The Labute approximate surface area is 156 Å². The van der Waals surface area contributed by atoms with Crippen molar-refractivity contribution in [1.82, 2.24) is 9.97 Å². The van der Waals surface area contributed by atoms with Crippen molar-refractivity contribution in [2.75, 3.05) is 17.7 Å². The lowest BCUT2D eigenvalue weighted by atomic mass is 10.2. The van der Waals surface area contributed by atoms with E-state index in [1.165, 1.54) is 0 Å². The molecule has 0 aliphatic carbocycles. The van der Waals surface area contributed by atoms with Crippen molar-refractivity contribution in [2.24, 2.45) is 0 Å². The lowest BCUT2D eigenvalue weighted by molar-refractivity contribution is 0.0217. The van der Waals surface area contributed by atoms with E-state index in [-0.39, 0.29) is 11.5 Å². The summed E-state index contributed by atoms with van der Waals surface area (Å²) >= 11 is 0. The van der Waals surface area contributed by atoms with Gasteiger partial charge in [-0.3, -0.25) is 9.32 Å². The molecule has 1 saturated heterocycles. The van der Waals surface area contributed by atoms with Gasteiger partial charge in [-0.15, -0.1) is 0 Å². The molecule has 1 aliphatic rings. The Morgan fingerprint density at radius 1 is 1.21 bits per heavy atom. The first-order chi connectivity index (χ1) is 12.8. The highest BCUT2D eigenvalue weighted by Gasteiger charge is 2.41.